The molecule has 19 heavy (non-hydrogen) atoms. The second-order valence-corrected chi connectivity index (χ2v) is 5.46. The quantitative estimate of drug-likeness (QED) is 0.896. The molecule has 102 valence electrons. The first-order valence-electron chi connectivity index (χ1n) is 6.92. The lowest BCUT2D eigenvalue weighted by molar-refractivity contribution is 0.0783. The summed E-state index contributed by atoms with van der Waals surface area (Å²) >= 11 is 0. The molecular weight excluding hydrogens is 240 g/mol. The van der Waals surface area contributed by atoms with Gasteiger partial charge in [-0.1, -0.05) is 6.07 Å². The minimum atomic E-state index is 0.100. The molecule has 2 aliphatic heterocycles. The minimum Gasteiger partial charge on any atom is -0.372 e. The molecule has 1 unspecified atom stereocenters. The van der Waals surface area contributed by atoms with E-state index in [9.17, 15) is 4.79 Å². The molecule has 1 amide bonds. The number of carbonyl (C=O) groups excluding carboxylic acids is 1. The molecule has 0 radical (unpaired) electrons. The molecule has 0 spiro atoms. The zero-order valence-corrected chi connectivity index (χ0v) is 11.3. The molecule has 1 aromatic rings. The van der Waals surface area contributed by atoms with E-state index in [1.807, 2.05) is 30.1 Å². The van der Waals surface area contributed by atoms with Crippen LogP contribution >= 0.6 is 0 Å². The van der Waals surface area contributed by atoms with Crippen molar-refractivity contribution in [2.45, 2.75) is 32.1 Å². The Morgan fingerprint density at radius 2 is 2.26 bits per heavy atom. The number of nitrogens with zero attached hydrogens (tertiary/aromatic N) is 1. The number of likely N-dealkylation sites (N-methyl/N-ethyl adjacent to an activating group) is 1. The summed E-state index contributed by atoms with van der Waals surface area (Å²) in [5.74, 6) is 0.100. The summed E-state index contributed by atoms with van der Waals surface area (Å²) < 4.78 is 5.38. The lowest BCUT2D eigenvalue weighted by atomic mass is 10.1. The van der Waals surface area contributed by atoms with Crippen LogP contribution in [-0.4, -0.2) is 37.0 Å². The first-order valence-corrected chi connectivity index (χ1v) is 6.92. The molecule has 1 aromatic carbocycles. The van der Waals surface area contributed by atoms with Crippen LogP contribution in [0.2, 0.25) is 0 Å². The Morgan fingerprint density at radius 1 is 1.42 bits per heavy atom. The minimum absolute atomic E-state index is 0.100. The third kappa shape index (κ3) is 2.65. The first-order chi connectivity index (χ1) is 9.24. The van der Waals surface area contributed by atoms with E-state index in [0.29, 0.717) is 19.3 Å². The predicted molar refractivity (Wildman–Crippen MR) is 72.9 cm³/mol. The van der Waals surface area contributed by atoms with Gasteiger partial charge in [0.15, 0.2) is 0 Å². The zero-order valence-electron chi connectivity index (χ0n) is 11.3. The van der Waals surface area contributed by atoms with Crippen LogP contribution in [0.5, 0.6) is 0 Å². The van der Waals surface area contributed by atoms with Gasteiger partial charge in [0.05, 0.1) is 13.2 Å². The maximum absolute atomic E-state index is 12.4. The van der Waals surface area contributed by atoms with Gasteiger partial charge in [0.25, 0.3) is 5.91 Å². The van der Waals surface area contributed by atoms with Gasteiger partial charge in [-0.05, 0) is 42.6 Å². The maximum atomic E-state index is 12.4. The molecule has 2 aliphatic rings. The average molecular weight is 260 g/mol. The van der Waals surface area contributed by atoms with E-state index < -0.39 is 0 Å². The summed E-state index contributed by atoms with van der Waals surface area (Å²) in [5, 5.41) is 3.42. The van der Waals surface area contributed by atoms with Gasteiger partial charge in [-0.15, -0.1) is 0 Å². The molecule has 4 heteroatoms. The van der Waals surface area contributed by atoms with E-state index >= 15 is 0 Å². The normalized spacial score (nSPS) is 21.4. The fraction of sp³-hybridized carbons (Fsp3) is 0.533. The van der Waals surface area contributed by atoms with Crippen molar-refractivity contribution in [1.29, 1.82) is 0 Å². The number of hydrogen-bond acceptors (Lipinski definition) is 3. The number of hydrogen-bond donors (Lipinski definition) is 1. The molecule has 0 aromatic heterocycles. The van der Waals surface area contributed by atoms with Crippen molar-refractivity contribution in [3.8, 4) is 0 Å². The Hall–Kier alpha value is -1.39. The van der Waals surface area contributed by atoms with Crippen molar-refractivity contribution in [1.82, 2.24) is 10.2 Å². The summed E-state index contributed by atoms with van der Waals surface area (Å²) in [5.41, 5.74) is 3.12. The van der Waals surface area contributed by atoms with Crippen LogP contribution in [0.25, 0.3) is 0 Å². The third-order valence-electron chi connectivity index (χ3n) is 3.97. The number of amides is 1. The number of rotatable bonds is 3. The Bertz CT molecular complexity index is 481. The summed E-state index contributed by atoms with van der Waals surface area (Å²) in [6.07, 6.45) is 2.37. The number of carbonyl (C=O) groups is 1. The van der Waals surface area contributed by atoms with Crippen molar-refractivity contribution in [2.75, 3.05) is 20.1 Å². The smallest absolute Gasteiger partial charge is 0.253 e. The molecule has 0 bridgehead atoms. The maximum Gasteiger partial charge on any atom is 0.253 e. The van der Waals surface area contributed by atoms with Gasteiger partial charge in [0.2, 0.25) is 0 Å². The van der Waals surface area contributed by atoms with Crippen molar-refractivity contribution < 1.29 is 9.53 Å². The molecule has 1 fully saturated rings. The van der Waals surface area contributed by atoms with E-state index in [0.717, 1.165) is 30.6 Å². The fourth-order valence-corrected chi connectivity index (χ4v) is 2.85. The molecular formula is C15H20N2O2. The molecule has 1 saturated heterocycles. The molecule has 0 aliphatic carbocycles. The topological polar surface area (TPSA) is 41.6 Å². The number of benzene rings is 1. The summed E-state index contributed by atoms with van der Waals surface area (Å²) in [6.45, 7) is 3.16. The van der Waals surface area contributed by atoms with Crippen LogP contribution in [-0.2, 0) is 18.0 Å². The second-order valence-electron chi connectivity index (χ2n) is 5.46. The van der Waals surface area contributed by atoms with Gasteiger partial charge in [-0.25, -0.2) is 0 Å². The number of nitrogens with one attached hydrogen (secondary N) is 1. The van der Waals surface area contributed by atoms with E-state index in [1.165, 1.54) is 12.0 Å². The highest BCUT2D eigenvalue weighted by Gasteiger charge is 2.21. The molecule has 1 atom stereocenters. The summed E-state index contributed by atoms with van der Waals surface area (Å²) in [6, 6.07) is 6.35. The highest BCUT2D eigenvalue weighted by molar-refractivity contribution is 5.94. The van der Waals surface area contributed by atoms with Crippen LogP contribution in [0.3, 0.4) is 0 Å². The Labute approximate surface area is 113 Å². The summed E-state index contributed by atoms with van der Waals surface area (Å²) in [7, 11) is 1.88. The number of ether oxygens (including phenoxy) is 1. The van der Waals surface area contributed by atoms with Crippen molar-refractivity contribution in [2.24, 2.45) is 0 Å². The largest absolute Gasteiger partial charge is 0.372 e. The second kappa shape index (κ2) is 5.31. The van der Waals surface area contributed by atoms with Crippen LogP contribution in [0.1, 0.15) is 34.3 Å². The van der Waals surface area contributed by atoms with Crippen molar-refractivity contribution in [3.05, 3.63) is 34.9 Å². The van der Waals surface area contributed by atoms with Crippen LogP contribution in [0.4, 0.5) is 0 Å². The third-order valence-corrected chi connectivity index (χ3v) is 3.97. The highest BCUT2D eigenvalue weighted by atomic mass is 16.5. The Balaban J connectivity index is 1.68. The first kappa shape index (κ1) is 12.6. The molecule has 3 rings (SSSR count). The molecule has 0 saturated carbocycles. The highest BCUT2D eigenvalue weighted by Crippen LogP contribution is 2.21. The lowest BCUT2D eigenvalue weighted by Gasteiger charge is -2.21. The van der Waals surface area contributed by atoms with Gasteiger partial charge in [-0.3, -0.25) is 4.79 Å². The molecule has 1 N–H and O–H groups in total. The van der Waals surface area contributed by atoms with Crippen molar-refractivity contribution >= 4 is 5.91 Å². The van der Waals surface area contributed by atoms with Crippen LogP contribution in [0, 0.1) is 0 Å². The van der Waals surface area contributed by atoms with E-state index in [4.69, 9.17) is 4.74 Å². The molecule has 2 heterocycles. The van der Waals surface area contributed by atoms with Gasteiger partial charge >= 0.3 is 0 Å². The van der Waals surface area contributed by atoms with E-state index in [-0.39, 0.29) is 5.91 Å². The van der Waals surface area contributed by atoms with Gasteiger partial charge < -0.3 is 15.0 Å². The molecule has 4 nitrogen and oxygen atoms in total. The zero-order chi connectivity index (χ0) is 13.2. The average Bonchev–Trinajstić information content (AvgIpc) is 3.07. The van der Waals surface area contributed by atoms with Crippen LogP contribution in [0.15, 0.2) is 18.2 Å². The fourth-order valence-electron chi connectivity index (χ4n) is 2.85. The number of fused-ring (bicyclic) bond motifs is 1. The lowest BCUT2D eigenvalue weighted by Crippen LogP contribution is -2.38. The summed E-state index contributed by atoms with van der Waals surface area (Å²) in [4.78, 5) is 14.2. The Kier molecular flexibility index (Phi) is 3.53. The predicted octanol–water partition coefficient (Wildman–Crippen LogP) is 1.54. The van der Waals surface area contributed by atoms with Crippen molar-refractivity contribution in [3.63, 3.8) is 0 Å². The van der Waals surface area contributed by atoms with Gasteiger partial charge in [0.1, 0.15) is 0 Å². The van der Waals surface area contributed by atoms with Gasteiger partial charge in [0, 0.05) is 25.2 Å². The SMILES string of the molecule is CN(CC1CCCN1)C(=O)c1ccc2c(c1)COC2. The van der Waals surface area contributed by atoms with E-state index in [1.54, 1.807) is 0 Å². The Morgan fingerprint density at radius 3 is 3.05 bits per heavy atom. The van der Waals surface area contributed by atoms with Gasteiger partial charge in [-0.2, -0.15) is 0 Å². The van der Waals surface area contributed by atoms with E-state index in [2.05, 4.69) is 5.32 Å². The monoisotopic (exact) mass is 260 g/mol. The van der Waals surface area contributed by atoms with Crippen LogP contribution < -0.4 is 5.32 Å². The standard InChI is InChI=1S/C15H20N2O2/c1-17(8-14-3-2-6-16-14)15(18)11-4-5-12-9-19-10-13(12)7-11/h4-5,7,14,16H,2-3,6,8-10H2,1H3.